The summed E-state index contributed by atoms with van der Waals surface area (Å²) >= 11 is -0.0781. The van der Waals surface area contributed by atoms with Crippen LogP contribution >= 0.6 is 11.8 Å². The van der Waals surface area contributed by atoms with Crippen molar-refractivity contribution in [1.82, 2.24) is 24.7 Å². The van der Waals surface area contributed by atoms with Crippen molar-refractivity contribution in [2.75, 3.05) is 0 Å². The Bertz CT molecular complexity index is 667. The van der Waals surface area contributed by atoms with E-state index in [-0.39, 0.29) is 28.2 Å². The molecule has 0 fully saturated rings. The first-order valence-electron chi connectivity index (χ1n) is 5.27. The number of thioether (sulfide) groups is 1. The van der Waals surface area contributed by atoms with Crippen LogP contribution < -0.4 is 0 Å². The van der Waals surface area contributed by atoms with Gasteiger partial charge in [0, 0.05) is 5.56 Å². The molecule has 0 N–H and O–H groups in total. The van der Waals surface area contributed by atoms with Crippen LogP contribution in [0.15, 0.2) is 35.0 Å². The van der Waals surface area contributed by atoms with Crippen LogP contribution in [0.4, 0.5) is 22.0 Å². The molecule has 0 aliphatic carbocycles. The summed E-state index contributed by atoms with van der Waals surface area (Å²) in [6, 6.07) is 0. The summed E-state index contributed by atoms with van der Waals surface area (Å²) in [5.74, 6) is -2.60. The fraction of sp³-hybridized carbons (Fsp3) is 0.200. The normalized spacial score (nSPS) is 13.2. The fourth-order valence-electron chi connectivity index (χ4n) is 1.32. The molecule has 0 radical (unpaired) electrons. The van der Waals surface area contributed by atoms with Crippen LogP contribution in [0.3, 0.4) is 0 Å². The van der Waals surface area contributed by atoms with Crippen LogP contribution in [0, 0.1) is 6.92 Å². The van der Waals surface area contributed by atoms with Gasteiger partial charge in [-0.25, -0.2) is 19.6 Å². The lowest BCUT2D eigenvalue weighted by molar-refractivity contribution is -0.110. The number of halogens is 5. The van der Waals surface area contributed by atoms with E-state index in [1.165, 1.54) is 24.3 Å². The van der Waals surface area contributed by atoms with Crippen LogP contribution in [0.25, 0.3) is 5.82 Å². The zero-order valence-corrected chi connectivity index (χ0v) is 11.1. The Labute approximate surface area is 118 Å². The van der Waals surface area contributed by atoms with Gasteiger partial charge in [-0.1, -0.05) is 0 Å². The molecule has 2 aromatic rings. The Morgan fingerprint density at radius 2 is 1.90 bits per heavy atom. The third-order valence-electron chi connectivity index (χ3n) is 2.25. The number of alkyl halides is 3. The average Bonchev–Trinajstić information content (AvgIpc) is 2.93. The van der Waals surface area contributed by atoms with Crippen molar-refractivity contribution in [3.05, 3.63) is 35.5 Å². The van der Waals surface area contributed by atoms with Crippen molar-refractivity contribution >= 4 is 11.8 Å². The van der Waals surface area contributed by atoms with Crippen molar-refractivity contribution in [2.45, 2.75) is 18.1 Å². The Hall–Kier alpha value is -2.04. The lowest BCUT2D eigenvalue weighted by Crippen LogP contribution is -2.09. The summed E-state index contributed by atoms with van der Waals surface area (Å²) in [6.45, 7) is 1.44. The molecular formula is C10H6F5N5S. The van der Waals surface area contributed by atoms with Crippen LogP contribution in [-0.4, -0.2) is 30.9 Å². The van der Waals surface area contributed by atoms with Crippen LogP contribution in [0.1, 0.15) is 5.56 Å². The van der Waals surface area contributed by atoms with Gasteiger partial charge in [-0.05, 0) is 18.7 Å². The molecule has 0 aliphatic heterocycles. The molecule has 2 aromatic heterocycles. The standard InChI is InChI=1S/C10H6F5N5S/c1-5-8(20-4-16-2-19-20)17-3-18-9(5)21-7(12)6(11)10(13,14)15/h2-4H,1H3. The zero-order valence-electron chi connectivity index (χ0n) is 10.3. The van der Waals surface area contributed by atoms with E-state index in [4.69, 9.17) is 0 Å². The van der Waals surface area contributed by atoms with Gasteiger partial charge in [0.15, 0.2) is 5.82 Å². The maximum atomic E-state index is 13.3. The van der Waals surface area contributed by atoms with Gasteiger partial charge in [-0.2, -0.15) is 27.1 Å². The molecular weight excluding hydrogens is 317 g/mol. The number of allylic oxidation sites excluding steroid dienone is 1. The van der Waals surface area contributed by atoms with Gasteiger partial charge >= 0.3 is 6.18 Å². The fourth-order valence-corrected chi connectivity index (χ4v) is 2.04. The van der Waals surface area contributed by atoms with E-state index in [1.54, 1.807) is 0 Å². The minimum absolute atomic E-state index is 0.0781. The van der Waals surface area contributed by atoms with E-state index >= 15 is 0 Å². The van der Waals surface area contributed by atoms with Crippen molar-refractivity contribution in [2.24, 2.45) is 0 Å². The van der Waals surface area contributed by atoms with E-state index in [0.717, 1.165) is 6.33 Å². The van der Waals surface area contributed by atoms with Gasteiger partial charge in [-0.3, -0.25) is 0 Å². The van der Waals surface area contributed by atoms with Gasteiger partial charge in [0.2, 0.25) is 11.0 Å². The summed E-state index contributed by atoms with van der Waals surface area (Å²) < 4.78 is 63.5. The number of nitrogens with zero attached hydrogens (tertiary/aromatic N) is 5. The van der Waals surface area contributed by atoms with E-state index < -0.39 is 17.2 Å². The van der Waals surface area contributed by atoms with E-state index in [1.807, 2.05) is 0 Å². The summed E-state index contributed by atoms with van der Waals surface area (Å²) in [6.07, 6.45) is -1.86. The Morgan fingerprint density at radius 3 is 2.48 bits per heavy atom. The van der Waals surface area contributed by atoms with Crippen LogP contribution in [0.2, 0.25) is 0 Å². The van der Waals surface area contributed by atoms with Crippen LogP contribution in [0.5, 0.6) is 0 Å². The molecule has 0 atom stereocenters. The molecule has 0 bridgehead atoms. The number of rotatable bonds is 3. The molecule has 0 unspecified atom stereocenters. The molecule has 0 aromatic carbocycles. The summed E-state index contributed by atoms with van der Waals surface area (Å²) in [5, 5.41) is 1.61. The monoisotopic (exact) mass is 323 g/mol. The molecule has 2 rings (SSSR count). The van der Waals surface area contributed by atoms with Crippen molar-refractivity contribution < 1.29 is 22.0 Å². The lowest BCUT2D eigenvalue weighted by Gasteiger charge is -2.08. The highest BCUT2D eigenvalue weighted by molar-refractivity contribution is 8.02. The number of aromatic nitrogens is 5. The first-order valence-corrected chi connectivity index (χ1v) is 6.09. The SMILES string of the molecule is Cc1c(SC(F)=C(F)C(F)(F)F)ncnc1-n1cncn1. The largest absolute Gasteiger partial charge is 0.446 e. The smallest absolute Gasteiger partial charge is 0.229 e. The second-order valence-electron chi connectivity index (χ2n) is 3.65. The molecule has 0 saturated heterocycles. The van der Waals surface area contributed by atoms with Gasteiger partial charge in [-0.15, -0.1) is 0 Å². The summed E-state index contributed by atoms with van der Waals surface area (Å²) in [5.41, 5.74) is 0.234. The molecule has 11 heteroatoms. The predicted molar refractivity (Wildman–Crippen MR) is 62.8 cm³/mol. The Balaban J connectivity index is 2.37. The first-order chi connectivity index (χ1) is 9.80. The molecule has 0 spiro atoms. The minimum atomic E-state index is -5.38. The van der Waals surface area contributed by atoms with Gasteiger partial charge < -0.3 is 0 Å². The highest BCUT2D eigenvalue weighted by atomic mass is 32.2. The van der Waals surface area contributed by atoms with E-state index in [9.17, 15) is 22.0 Å². The topological polar surface area (TPSA) is 56.5 Å². The quantitative estimate of drug-likeness (QED) is 0.493. The third kappa shape index (κ3) is 3.35. The third-order valence-corrected chi connectivity index (χ3v) is 3.22. The molecule has 5 nitrogen and oxygen atoms in total. The summed E-state index contributed by atoms with van der Waals surface area (Å²) in [7, 11) is 0. The van der Waals surface area contributed by atoms with Gasteiger partial charge in [0.25, 0.3) is 0 Å². The van der Waals surface area contributed by atoms with Crippen molar-refractivity contribution in [3.63, 3.8) is 0 Å². The van der Waals surface area contributed by atoms with Gasteiger partial charge in [0.05, 0.1) is 0 Å². The Kier molecular flexibility index (Phi) is 4.21. The first kappa shape index (κ1) is 15.4. The molecule has 112 valence electrons. The maximum absolute atomic E-state index is 13.3. The number of hydrogen-bond acceptors (Lipinski definition) is 5. The molecule has 0 amide bonds. The molecule has 0 aliphatic rings. The molecule has 21 heavy (non-hydrogen) atoms. The van der Waals surface area contributed by atoms with E-state index in [2.05, 4.69) is 20.1 Å². The highest BCUT2D eigenvalue weighted by Gasteiger charge is 2.38. The van der Waals surface area contributed by atoms with E-state index in [0.29, 0.717) is 0 Å². The van der Waals surface area contributed by atoms with Gasteiger partial charge in [0.1, 0.15) is 24.0 Å². The maximum Gasteiger partial charge on any atom is 0.446 e. The Morgan fingerprint density at radius 1 is 1.19 bits per heavy atom. The molecule has 2 heterocycles. The highest BCUT2D eigenvalue weighted by Crippen LogP contribution is 2.38. The van der Waals surface area contributed by atoms with Crippen molar-refractivity contribution in [1.29, 1.82) is 0 Å². The second-order valence-corrected chi connectivity index (χ2v) is 4.60. The average molecular weight is 323 g/mol. The molecule has 0 saturated carbocycles. The second kappa shape index (κ2) is 5.76. The van der Waals surface area contributed by atoms with Crippen LogP contribution in [-0.2, 0) is 0 Å². The number of hydrogen-bond donors (Lipinski definition) is 0. The summed E-state index contributed by atoms with van der Waals surface area (Å²) in [4.78, 5) is 11.2. The lowest BCUT2D eigenvalue weighted by atomic mass is 10.3. The zero-order chi connectivity index (χ0) is 15.6. The minimum Gasteiger partial charge on any atom is -0.229 e. The predicted octanol–water partition coefficient (Wildman–Crippen LogP) is 3.13. The van der Waals surface area contributed by atoms with Crippen molar-refractivity contribution in [3.8, 4) is 5.82 Å².